The lowest BCUT2D eigenvalue weighted by molar-refractivity contribution is 0.0472. The molecule has 0 N–H and O–H groups in total. The quantitative estimate of drug-likeness (QED) is 0.556. The predicted octanol–water partition coefficient (Wildman–Crippen LogP) is 4.59. The van der Waals surface area contributed by atoms with E-state index in [-0.39, 0.29) is 12.5 Å². The lowest BCUT2D eigenvalue weighted by atomic mass is 10.00. The van der Waals surface area contributed by atoms with E-state index in [4.69, 9.17) is 4.74 Å². The van der Waals surface area contributed by atoms with Crippen molar-refractivity contribution in [3.05, 3.63) is 89.7 Å². The Morgan fingerprint density at radius 2 is 1.62 bits per heavy atom. The van der Waals surface area contributed by atoms with Crippen LogP contribution in [0.2, 0.25) is 0 Å². The fourth-order valence-electron chi connectivity index (χ4n) is 3.04. The van der Waals surface area contributed by atoms with Gasteiger partial charge in [-0.1, -0.05) is 37.3 Å². The second kappa shape index (κ2) is 9.64. The fourth-order valence-corrected chi connectivity index (χ4v) is 3.04. The molecule has 3 rings (SSSR count). The van der Waals surface area contributed by atoms with E-state index in [1.54, 1.807) is 42.5 Å². The molecular formula is C24H24N2O3. The molecule has 0 saturated heterocycles. The van der Waals surface area contributed by atoms with Gasteiger partial charge >= 0.3 is 5.97 Å². The maximum absolute atomic E-state index is 12.8. The summed E-state index contributed by atoms with van der Waals surface area (Å²) in [6.45, 7) is 2.84. The monoisotopic (exact) mass is 388 g/mol. The Morgan fingerprint density at radius 3 is 2.31 bits per heavy atom. The summed E-state index contributed by atoms with van der Waals surface area (Å²) in [5.74, 6) is -0.586. The molecule has 0 bridgehead atoms. The van der Waals surface area contributed by atoms with E-state index in [9.17, 15) is 9.59 Å². The molecule has 5 nitrogen and oxygen atoms in total. The van der Waals surface area contributed by atoms with Gasteiger partial charge in [-0.2, -0.15) is 0 Å². The van der Waals surface area contributed by atoms with Crippen LogP contribution in [-0.2, 0) is 11.3 Å². The first-order chi connectivity index (χ1) is 14.1. The summed E-state index contributed by atoms with van der Waals surface area (Å²) in [7, 11) is 1.76. The average Bonchev–Trinajstić information content (AvgIpc) is 2.78. The minimum absolute atomic E-state index is 0.125. The second-order valence-electron chi connectivity index (χ2n) is 6.82. The molecule has 29 heavy (non-hydrogen) atoms. The van der Waals surface area contributed by atoms with Gasteiger partial charge in [0.1, 0.15) is 6.61 Å². The Kier molecular flexibility index (Phi) is 6.74. The van der Waals surface area contributed by atoms with Crippen molar-refractivity contribution in [3.63, 3.8) is 0 Å². The van der Waals surface area contributed by atoms with Gasteiger partial charge in [-0.3, -0.25) is 9.78 Å². The Labute approximate surface area is 171 Å². The topological polar surface area (TPSA) is 59.5 Å². The molecule has 3 aromatic rings. The van der Waals surface area contributed by atoms with Crippen LogP contribution in [0, 0.1) is 0 Å². The number of carbonyl (C=O) groups is 2. The molecule has 1 heterocycles. The summed E-state index contributed by atoms with van der Waals surface area (Å²) >= 11 is 0. The van der Waals surface area contributed by atoms with Gasteiger partial charge in [-0.15, -0.1) is 0 Å². The van der Waals surface area contributed by atoms with Gasteiger partial charge in [-0.05, 0) is 53.4 Å². The third kappa shape index (κ3) is 5.29. The van der Waals surface area contributed by atoms with Crippen molar-refractivity contribution >= 4 is 11.9 Å². The largest absolute Gasteiger partial charge is 0.457 e. The van der Waals surface area contributed by atoms with Crippen LogP contribution in [0.15, 0.2) is 73.1 Å². The first-order valence-electron chi connectivity index (χ1n) is 9.60. The van der Waals surface area contributed by atoms with Crippen LogP contribution in [0.25, 0.3) is 11.1 Å². The van der Waals surface area contributed by atoms with Gasteiger partial charge in [0.2, 0.25) is 0 Å². The number of ether oxygens (including phenoxy) is 1. The number of carbonyl (C=O) groups excluding carboxylic acids is 2. The van der Waals surface area contributed by atoms with Crippen molar-refractivity contribution in [3.8, 4) is 11.1 Å². The van der Waals surface area contributed by atoms with Crippen LogP contribution in [0.3, 0.4) is 0 Å². The number of aromatic nitrogens is 1. The first-order valence-corrected chi connectivity index (χ1v) is 9.60. The highest BCUT2D eigenvalue weighted by atomic mass is 16.5. The van der Waals surface area contributed by atoms with Crippen LogP contribution in [0.5, 0.6) is 0 Å². The van der Waals surface area contributed by atoms with Gasteiger partial charge < -0.3 is 9.64 Å². The minimum atomic E-state index is -0.461. The van der Waals surface area contributed by atoms with Crippen molar-refractivity contribution < 1.29 is 14.3 Å². The highest BCUT2D eigenvalue weighted by Gasteiger charge is 2.17. The molecule has 0 aliphatic heterocycles. The van der Waals surface area contributed by atoms with Crippen molar-refractivity contribution in [1.29, 1.82) is 0 Å². The van der Waals surface area contributed by atoms with E-state index in [1.165, 1.54) is 0 Å². The molecule has 0 aliphatic rings. The summed E-state index contributed by atoms with van der Waals surface area (Å²) < 4.78 is 5.47. The Hall–Kier alpha value is -3.47. The second-order valence-corrected chi connectivity index (χ2v) is 6.82. The van der Waals surface area contributed by atoms with E-state index in [2.05, 4.69) is 4.98 Å². The predicted molar refractivity (Wildman–Crippen MR) is 112 cm³/mol. The average molecular weight is 388 g/mol. The number of benzene rings is 2. The number of hydrogen-bond acceptors (Lipinski definition) is 4. The lowest BCUT2D eigenvalue weighted by Gasteiger charge is -2.17. The van der Waals surface area contributed by atoms with E-state index < -0.39 is 5.97 Å². The first kappa shape index (κ1) is 20.3. The SMILES string of the molecule is CCCN(C)C(=O)c1cc(C(=O)OCc2ccccc2)cc(-c2ccncc2)c1. The van der Waals surface area contributed by atoms with Crippen molar-refractivity contribution in [2.45, 2.75) is 20.0 Å². The summed E-state index contributed by atoms with van der Waals surface area (Å²) in [5.41, 5.74) is 3.37. The van der Waals surface area contributed by atoms with Crippen LogP contribution < -0.4 is 0 Å². The number of rotatable bonds is 7. The molecule has 1 aromatic heterocycles. The number of nitrogens with zero attached hydrogens (tertiary/aromatic N) is 2. The molecule has 2 aromatic carbocycles. The van der Waals surface area contributed by atoms with Crippen LogP contribution in [0.4, 0.5) is 0 Å². The number of pyridine rings is 1. The third-order valence-electron chi connectivity index (χ3n) is 4.55. The van der Waals surface area contributed by atoms with E-state index in [0.717, 1.165) is 23.1 Å². The van der Waals surface area contributed by atoms with Crippen molar-refractivity contribution in [2.75, 3.05) is 13.6 Å². The molecule has 148 valence electrons. The normalized spacial score (nSPS) is 10.4. The molecule has 5 heteroatoms. The molecule has 0 saturated carbocycles. The lowest BCUT2D eigenvalue weighted by Crippen LogP contribution is -2.27. The van der Waals surface area contributed by atoms with E-state index in [1.807, 2.05) is 49.4 Å². The third-order valence-corrected chi connectivity index (χ3v) is 4.55. The smallest absolute Gasteiger partial charge is 0.338 e. The van der Waals surface area contributed by atoms with Gasteiger partial charge in [0.25, 0.3) is 5.91 Å². The molecule has 0 fully saturated rings. The van der Waals surface area contributed by atoms with Gasteiger partial charge in [0.05, 0.1) is 5.56 Å². The zero-order valence-electron chi connectivity index (χ0n) is 16.7. The molecule has 0 radical (unpaired) electrons. The summed E-state index contributed by atoms with van der Waals surface area (Å²) in [6.07, 6.45) is 4.22. The highest BCUT2D eigenvalue weighted by Crippen LogP contribution is 2.23. The Balaban J connectivity index is 1.91. The molecule has 0 atom stereocenters. The minimum Gasteiger partial charge on any atom is -0.457 e. The maximum Gasteiger partial charge on any atom is 0.338 e. The zero-order valence-corrected chi connectivity index (χ0v) is 16.7. The van der Waals surface area contributed by atoms with Crippen molar-refractivity contribution in [1.82, 2.24) is 9.88 Å². The standard InChI is InChI=1S/C24H24N2O3/c1-3-13-26(2)23(27)21-14-20(19-9-11-25-12-10-19)15-22(16-21)24(28)29-17-18-7-5-4-6-8-18/h4-12,14-16H,3,13,17H2,1-2H3. The molecule has 0 aliphatic carbocycles. The highest BCUT2D eigenvalue weighted by molar-refractivity contribution is 5.99. The van der Waals surface area contributed by atoms with Gasteiger partial charge in [-0.25, -0.2) is 4.79 Å². The molecular weight excluding hydrogens is 364 g/mol. The summed E-state index contributed by atoms with van der Waals surface area (Å²) in [6, 6.07) is 18.3. The molecule has 0 spiro atoms. The van der Waals surface area contributed by atoms with Gasteiger partial charge in [0.15, 0.2) is 0 Å². The van der Waals surface area contributed by atoms with Crippen molar-refractivity contribution in [2.24, 2.45) is 0 Å². The van der Waals surface area contributed by atoms with Crippen LogP contribution >= 0.6 is 0 Å². The van der Waals surface area contributed by atoms with E-state index >= 15 is 0 Å². The van der Waals surface area contributed by atoms with Crippen LogP contribution in [-0.4, -0.2) is 35.4 Å². The number of hydrogen-bond donors (Lipinski definition) is 0. The fraction of sp³-hybridized carbons (Fsp3) is 0.208. The summed E-state index contributed by atoms with van der Waals surface area (Å²) in [5, 5.41) is 0. The zero-order chi connectivity index (χ0) is 20.6. The maximum atomic E-state index is 12.8. The molecule has 1 amide bonds. The summed E-state index contributed by atoms with van der Waals surface area (Å²) in [4.78, 5) is 31.2. The Bertz CT molecular complexity index is 972. The van der Waals surface area contributed by atoms with E-state index in [0.29, 0.717) is 17.7 Å². The number of esters is 1. The Morgan fingerprint density at radius 1 is 0.931 bits per heavy atom. The number of amides is 1. The van der Waals surface area contributed by atoms with Crippen LogP contribution in [0.1, 0.15) is 39.6 Å². The molecule has 0 unspecified atom stereocenters. The van der Waals surface area contributed by atoms with Gasteiger partial charge in [0, 0.05) is 31.5 Å².